The van der Waals surface area contributed by atoms with Crippen LogP contribution < -0.4 is 0 Å². The van der Waals surface area contributed by atoms with E-state index < -0.39 is 0 Å². The van der Waals surface area contributed by atoms with Gasteiger partial charge in [0.2, 0.25) is 0 Å². The van der Waals surface area contributed by atoms with E-state index in [4.69, 9.17) is 4.74 Å². The highest BCUT2D eigenvalue weighted by Gasteiger charge is 2.16. The summed E-state index contributed by atoms with van der Waals surface area (Å²) in [5, 5.41) is 0. The van der Waals surface area contributed by atoms with Gasteiger partial charge >= 0.3 is 5.97 Å². The first-order chi connectivity index (χ1) is 7.52. The Labute approximate surface area is 96.9 Å². The van der Waals surface area contributed by atoms with Crippen LogP contribution in [0, 0.1) is 5.92 Å². The lowest BCUT2D eigenvalue weighted by Gasteiger charge is -2.17. The van der Waals surface area contributed by atoms with Crippen molar-refractivity contribution in [1.82, 2.24) is 0 Å². The van der Waals surface area contributed by atoms with Crippen LogP contribution in [0.3, 0.4) is 0 Å². The summed E-state index contributed by atoms with van der Waals surface area (Å²) in [6.45, 7) is 9.44. The molecule has 0 unspecified atom stereocenters. The van der Waals surface area contributed by atoms with Crippen LogP contribution in [0.2, 0.25) is 0 Å². The van der Waals surface area contributed by atoms with Crippen molar-refractivity contribution < 1.29 is 9.53 Å². The third-order valence-corrected chi connectivity index (χ3v) is 2.40. The number of hydrogen-bond donors (Lipinski definition) is 0. The molecule has 0 amide bonds. The van der Waals surface area contributed by atoms with Gasteiger partial charge < -0.3 is 4.74 Å². The summed E-state index contributed by atoms with van der Waals surface area (Å²) in [7, 11) is 0. The molecule has 0 bridgehead atoms. The maximum absolute atomic E-state index is 11.4. The van der Waals surface area contributed by atoms with E-state index in [-0.39, 0.29) is 18.0 Å². The van der Waals surface area contributed by atoms with Gasteiger partial charge in [-0.25, -0.2) is 0 Å². The first kappa shape index (κ1) is 12.5. The van der Waals surface area contributed by atoms with Gasteiger partial charge in [0, 0.05) is 0 Å². The maximum Gasteiger partial charge on any atom is 0.308 e. The van der Waals surface area contributed by atoms with Gasteiger partial charge in [-0.3, -0.25) is 4.79 Å². The fourth-order valence-corrected chi connectivity index (χ4v) is 1.27. The van der Waals surface area contributed by atoms with Crippen LogP contribution in [0.25, 0.3) is 5.57 Å². The molecule has 0 radical (unpaired) electrons. The van der Waals surface area contributed by atoms with Crippen LogP contribution in [0.4, 0.5) is 0 Å². The van der Waals surface area contributed by atoms with E-state index in [1.807, 2.05) is 51.1 Å². The van der Waals surface area contributed by atoms with Crippen molar-refractivity contribution in [1.29, 1.82) is 0 Å². The largest absolute Gasteiger partial charge is 0.458 e. The van der Waals surface area contributed by atoms with Gasteiger partial charge in [0.25, 0.3) is 0 Å². The Morgan fingerprint density at radius 3 is 2.25 bits per heavy atom. The summed E-state index contributed by atoms with van der Waals surface area (Å²) in [6.07, 6.45) is -0.280. The van der Waals surface area contributed by atoms with Crippen LogP contribution in [-0.2, 0) is 9.53 Å². The minimum atomic E-state index is -0.280. The number of carbonyl (C=O) groups is 1. The van der Waals surface area contributed by atoms with E-state index in [1.165, 1.54) is 0 Å². The van der Waals surface area contributed by atoms with Gasteiger partial charge in [0.05, 0.1) is 5.92 Å². The summed E-state index contributed by atoms with van der Waals surface area (Å²) in [6, 6.07) is 9.75. The Kier molecular flexibility index (Phi) is 4.29. The fraction of sp³-hybridized carbons (Fsp3) is 0.357. The zero-order chi connectivity index (χ0) is 12.1. The Hall–Kier alpha value is -1.57. The maximum atomic E-state index is 11.4. The SMILES string of the molecule is C=C(c1ccccc1)[C@@H](C)OC(=O)C(C)C. The van der Waals surface area contributed by atoms with Crippen LogP contribution >= 0.6 is 0 Å². The topological polar surface area (TPSA) is 26.3 Å². The zero-order valence-electron chi connectivity index (χ0n) is 10.1. The third kappa shape index (κ3) is 3.23. The van der Waals surface area contributed by atoms with E-state index >= 15 is 0 Å². The summed E-state index contributed by atoms with van der Waals surface area (Å²) < 4.78 is 5.29. The molecule has 0 saturated heterocycles. The first-order valence-electron chi connectivity index (χ1n) is 5.47. The second-order valence-electron chi connectivity index (χ2n) is 4.13. The molecule has 0 saturated carbocycles. The van der Waals surface area contributed by atoms with Crippen molar-refractivity contribution in [2.45, 2.75) is 26.9 Å². The predicted octanol–water partition coefficient (Wildman–Crippen LogP) is 3.29. The number of rotatable bonds is 4. The summed E-state index contributed by atoms with van der Waals surface area (Å²) in [4.78, 5) is 11.4. The minimum Gasteiger partial charge on any atom is -0.458 e. The van der Waals surface area contributed by atoms with E-state index in [0.29, 0.717) is 0 Å². The molecule has 86 valence electrons. The van der Waals surface area contributed by atoms with Crippen LogP contribution in [0.15, 0.2) is 36.9 Å². The summed E-state index contributed by atoms with van der Waals surface area (Å²) >= 11 is 0. The van der Waals surface area contributed by atoms with Crippen molar-refractivity contribution in [3.8, 4) is 0 Å². The van der Waals surface area contributed by atoms with Gasteiger partial charge in [-0.15, -0.1) is 0 Å². The molecule has 0 aliphatic carbocycles. The van der Waals surface area contributed by atoms with Crippen molar-refractivity contribution in [3.05, 3.63) is 42.5 Å². The van der Waals surface area contributed by atoms with E-state index in [1.54, 1.807) is 0 Å². The van der Waals surface area contributed by atoms with Crippen molar-refractivity contribution in [3.63, 3.8) is 0 Å². The van der Waals surface area contributed by atoms with Gasteiger partial charge in [0.15, 0.2) is 0 Å². The molecule has 1 rings (SSSR count). The molecular weight excluding hydrogens is 200 g/mol. The summed E-state index contributed by atoms with van der Waals surface area (Å²) in [5.74, 6) is -0.296. The number of hydrogen-bond acceptors (Lipinski definition) is 2. The normalized spacial score (nSPS) is 12.2. The lowest BCUT2D eigenvalue weighted by atomic mass is 10.0. The fourth-order valence-electron chi connectivity index (χ4n) is 1.27. The second-order valence-corrected chi connectivity index (χ2v) is 4.13. The van der Waals surface area contributed by atoms with E-state index in [2.05, 4.69) is 6.58 Å². The number of benzene rings is 1. The highest BCUT2D eigenvalue weighted by atomic mass is 16.5. The molecule has 1 aromatic rings. The molecule has 2 heteroatoms. The molecular formula is C14H18O2. The lowest BCUT2D eigenvalue weighted by Crippen LogP contribution is -2.19. The molecule has 0 spiro atoms. The Bertz CT molecular complexity index is 366. The highest BCUT2D eigenvalue weighted by molar-refractivity contribution is 5.75. The summed E-state index contributed by atoms with van der Waals surface area (Å²) in [5.41, 5.74) is 1.83. The molecule has 0 heterocycles. The third-order valence-electron chi connectivity index (χ3n) is 2.40. The molecule has 1 atom stereocenters. The molecule has 2 nitrogen and oxygen atoms in total. The molecule has 0 aromatic heterocycles. The second kappa shape index (κ2) is 5.50. The van der Waals surface area contributed by atoms with Crippen LogP contribution in [0.1, 0.15) is 26.3 Å². The van der Waals surface area contributed by atoms with Gasteiger partial charge in [-0.2, -0.15) is 0 Å². The molecule has 0 aliphatic heterocycles. The smallest absolute Gasteiger partial charge is 0.308 e. The van der Waals surface area contributed by atoms with E-state index in [9.17, 15) is 4.79 Å². The van der Waals surface area contributed by atoms with Gasteiger partial charge in [0.1, 0.15) is 6.10 Å². The quantitative estimate of drug-likeness (QED) is 0.725. The number of carbonyl (C=O) groups excluding carboxylic acids is 1. The first-order valence-corrected chi connectivity index (χ1v) is 5.47. The predicted molar refractivity (Wildman–Crippen MR) is 65.9 cm³/mol. The average molecular weight is 218 g/mol. The molecule has 0 N–H and O–H groups in total. The van der Waals surface area contributed by atoms with Crippen LogP contribution in [0.5, 0.6) is 0 Å². The molecule has 16 heavy (non-hydrogen) atoms. The van der Waals surface area contributed by atoms with E-state index in [0.717, 1.165) is 11.1 Å². The van der Waals surface area contributed by atoms with Crippen molar-refractivity contribution >= 4 is 11.5 Å². The van der Waals surface area contributed by atoms with Gasteiger partial charge in [-0.05, 0) is 18.1 Å². The Morgan fingerprint density at radius 2 is 1.75 bits per heavy atom. The minimum absolute atomic E-state index is 0.106. The molecule has 0 aliphatic rings. The van der Waals surface area contributed by atoms with Crippen LogP contribution in [-0.4, -0.2) is 12.1 Å². The Balaban J connectivity index is 2.65. The lowest BCUT2D eigenvalue weighted by molar-refractivity contribution is -0.149. The zero-order valence-corrected chi connectivity index (χ0v) is 10.1. The van der Waals surface area contributed by atoms with Crippen molar-refractivity contribution in [2.24, 2.45) is 5.92 Å². The number of esters is 1. The standard InChI is InChI=1S/C14H18O2/c1-10(2)14(15)16-12(4)11(3)13-8-6-5-7-9-13/h5-10,12H,3H2,1-2,4H3/t12-/m1/s1. The highest BCUT2D eigenvalue weighted by Crippen LogP contribution is 2.19. The number of ether oxygens (including phenoxy) is 1. The monoisotopic (exact) mass is 218 g/mol. The van der Waals surface area contributed by atoms with Gasteiger partial charge in [-0.1, -0.05) is 50.8 Å². The molecule has 0 fully saturated rings. The van der Waals surface area contributed by atoms with Crippen molar-refractivity contribution in [2.75, 3.05) is 0 Å². The molecule has 1 aromatic carbocycles. The Morgan fingerprint density at radius 1 is 1.19 bits per heavy atom. The average Bonchev–Trinajstić information content (AvgIpc) is 2.28.